The van der Waals surface area contributed by atoms with Crippen molar-refractivity contribution in [2.45, 2.75) is 47.1 Å². The maximum atomic E-state index is 13.6. The van der Waals surface area contributed by atoms with Crippen LogP contribution < -0.4 is 0 Å². The van der Waals surface area contributed by atoms with Gasteiger partial charge in [0.25, 0.3) is 0 Å². The van der Waals surface area contributed by atoms with E-state index < -0.39 is 0 Å². The van der Waals surface area contributed by atoms with E-state index in [4.69, 9.17) is 0 Å². The van der Waals surface area contributed by atoms with Crippen LogP contribution in [0.2, 0.25) is 0 Å². The van der Waals surface area contributed by atoms with Crippen molar-refractivity contribution in [1.82, 2.24) is 9.80 Å². The van der Waals surface area contributed by atoms with E-state index >= 15 is 0 Å². The van der Waals surface area contributed by atoms with Crippen LogP contribution in [0, 0.1) is 30.5 Å². The molecule has 0 aromatic heterocycles. The van der Waals surface area contributed by atoms with Gasteiger partial charge in [0.15, 0.2) is 0 Å². The minimum absolute atomic E-state index is 0.00665. The summed E-state index contributed by atoms with van der Waals surface area (Å²) in [7, 11) is 0. The fraction of sp³-hybridized carbons (Fsp3) is 0.519. The Hall–Kier alpha value is -2.20. The molecule has 0 spiro atoms. The number of likely N-dealkylation sites (tertiary alicyclic amines) is 1. The summed E-state index contributed by atoms with van der Waals surface area (Å²) in [4.78, 5) is 17.5. The predicted octanol–water partition coefficient (Wildman–Crippen LogP) is 5.49. The molecule has 31 heavy (non-hydrogen) atoms. The maximum Gasteiger partial charge on any atom is 0.225 e. The third kappa shape index (κ3) is 6.39. The third-order valence-corrected chi connectivity index (χ3v) is 6.15. The predicted molar refractivity (Wildman–Crippen MR) is 125 cm³/mol. The van der Waals surface area contributed by atoms with Crippen LogP contribution in [0.4, 0.5) is 4.39 Å². The van der Waals surface area contributed by atoms with Crippen LogP contribution in [0.25, 0.3) is 0 Å². The van der Waals surface area contributed by atoms with Crippen molar-refractivity contribution >= 4 is 5.91 Å². The number of carbonyl (C=O) groups excluding carboxylic acids is 1. The molecule has 2 aromatic rings. The molecule has 0 N–H and O–H groups in total. The minimum atomic E-state index is -0.202. The molecule has 0 unspecified atom stereocenters. The van der Waals surface area contributed by atoms with Gasteiger partial charge < -0.3 is 4.90 Å². The number of amides is 1. The number of hydrogen-bond donors (Lipinski definition) is 0. The molecule has 1 aliphatic heterocycles. The first-order chi connectivity index (χ1) is 14.7. The summed E-state index contributed by atoms with van der Waals surface area (Å²) >= 11 is 0. The van der Waals surface area contributed by atoms with Crippen molar-refractivity contribution in [3.05, 3.63) is 71.0 Å². The Morgan fingerprint density at radius 1 is 1.10 bits per heavy atom. The van der Waals surface area contributed by atoms with Gasteiger partial charge in [0.05, 0.1) is 0 Å². The summed E-state index contributed by atoms with van der Waals surface area (Å²) in [5.41, 5.74) is 3.75. The minimum Gasteiger partial charge on any atom is -0.342 e. The van der Waals surface area contributed by atoms with E-state index in [0.717, 1.165) is 32.7 Å². The lowest BCUT2D eigenvalue weighted by molar-refractivity contribution is -0.135. The monoisotopic (exact) mass is 424 g/mol. The lowest BCUT2D eigenvalue weighted by atomic mass is 9.88. The zero-order valence-corrected chi connectivity index (χ0v) is 19.6. The Bertz CT molecular complexity index is 862. The molecule has 1 fully saturated rings. The van der Waals surface area contributed by atoms with Gasteiger partial charge in [0.2, 0.25) is 5.91 Å². The van der Waals surface area contributed by atoms with Gasteiger partial charge in [-0.05, 0) is 42.0 Å². The van der Waals surface area contributed by atoms with Gasteiger partial charge in [-0.3, -0.25) is 9.69 Å². The van der Waals surface area contributed by atoms with Gasteiger partial charge in [-0.15, -0.1) is 0 Å². The summed E-state index contributed by atoms with van der Waals surface area (Å²) < 4.78 is 13.6. The zero-order valence-electron chi connectivity index (χ0n) is 19.6. The quantitative estimate of drug-likeness (QED) is 0.559. The molecule has 2 aromatic carbocycles. The van der Waals surface area contributed by atoms with Crippen LogP contribution in [0.3, 0.4) is 0 Å². The average Bonchev–Trinajstić information content (AvgIpc) is 3.09. The second kappa shape index (κ2) is 10.4. The van der Waals surface area contributed by atoms with E-state index in [1.807, 2.05) is 26.0 Å². The van der Waals surface area contributed by atoms with Crippen LogP contribution in [0.15, 0.2) is 48.5 Å². The van der Waals surface area contributed by atoms with Gasteiger partial charge in [0.1, 0.15) is 5.82 Å². The van der Waals surface area contributed by atoms with E-state index in [9.17, 15) is 9.18 Å². The van der Waals surface area contributed by atoms with Gasteiger partial charge >= 0.3 is 0 Å². The molecular weight excluding hydrogens is 387 g/mol. The van der Waals surface area contributed by atoms with Crippen molar-refractivity contribution in [2.75, 3.05) is 26.2 Å². The molecule has 0 bridgehead atoms. The van der Waals surface area contributed by atoms with Crippen molar-refractivity contribution in [3.8, 4) is 0 Å². The fourth-order valence-corrected chi connectivity index (χ4v) is 4.77. The first-order valence-corrected chi connectivity index (χ1v) is 11.5. The Kier molecular flexibility index (Phi) is 7.88. The SMILES string of the molecule is Cc1cccc(CN2C[C@H](CN(CC(C)C)C(=O)C(C)C)[C@@H](c3ccc(F)cc3)C2)c1. The zero-order chi connectivity index (χ0) is 22.5. The Balaban J connectivity index is 1.82. The lowest BCUT2D eigenvalue weighted by Gasteiger charge is -2.31. The second-order valence-corrected chi connectivity index (χ2v) is 9.89. The number of nitrogens with zero attached hydrogens (tertiary/aromatic N) is 2. The highest BCUT2D eigenvalue weighted by atomic mass is 19.1. The van der Waals surface area contributed by atoms with Crippen LogP contribution in [-0.4, -0.2) is 41.9 Å². The molecule has 4 heteroatoms. The smallest absolute Gasteiger partial charge is 0.225 e. The van der Waals surface area contributed by atoms with Gasteiger partial charge in [-0.25, -0.2) is 4.39 Å². The number of rotatable bonds is 8. The van der Waals surface area contributed by atoms with Gasteiger partial charge in [-0.2, -0.15) is 0 Å². The van der Waals surface area contributed by atoms with Gasteiger partial charge in [0, 0.05) is 44.6 Å². The molecule has 1 amide bonds. The van der Waals surface area contributed by atoms with Crippen molar-refractivity contribution < 1.29 is 9.18 Å². The molecular formula is C27H37FN2O. The van der Waals surface area contributed by atoms with E-state index in [0.29, 0.717) is 17.8 Å². The van der Waals surface area contributed by atoms with Crippen molar-refractivity contribution in [2.24, 2.45) is 17.8 Å². The molecule has 1 heterocycles. The number of hydrogen-bond acceptors (Lipinski definition) is 2. The van der Waals surface area contributed by atoms with E-state index in [1.165, 1.54) is 16.7 Å². The molecule has 168 valence electrons. The molecule has 1 aliphatic rings. The fourth-order valence-electron chi connectivity index (χ4n) is 4.77. The molecule has 0 saturated carbocycles. The summed E-state index contributed by atoms with van der Waals surface area (Å²) in [5.74, 6) is 1.07. The Morgan fingerprint density at radius 2 is 1.81 bits per heavy atom. The molecule has 2 atom stereocenters. The van der Waals surface area contributed by atoms with Crippen LogP contribution >= 0.6 is 0 Å². The summed E-state index contributed by atoms with van der Waals surface area (Å²) in [6.07, 6.45) is 0. The molecule has 1 saturated heterocycles. The summed E-state index contributed by atoms with van der Waals surface area (Å²) in [6.45, 7) is 14.7. The third-order valence-electron chi connectivity index (χ3n) is 6.15. The summed E-state index contributed by atoms with van der Waals surface area (Å²) in [6, 6.07) is 15.6. The van der Waals surface area contributed by atoms with Crippen molar-refractivity contribution in [1.29, 1.82) is 0 Å². The first kappa shape index (κ1) is 23.5. The Morgan fingerprint density at radius 3 is 2.42 bits per heavy atom. The highest BCUT2D eigenvalue weighted by Gasteiger charge is 2.36. The Labute approximate surface area is 187 Å². The van der Waals surface area contributed by atoms with Crippen LogP contribution in [-0.2, 0) is 11.3 Å². The first-order valence-electron chi connectivity index (χ1n) is 11.5. The van der Waals surface area contributed by atoms with E-state index in [2.05, 4.69) is 54.8 Å². The lowest BCUT2D eigenvalue weighted by Crippen LogP contribution is -2.41. The van der Waals surface area contributed by atoms with Gasteiger partial charge in [-0.1, -0.05) is 69.7 Å². The second-order valence-electron chi connectivity index (χ2n) is 9.89. The number of aryl methyl sites for hydroxylation is 1. The normalized spacial score (nSPS) is 19.4. The standard InChI is InChI=1S/C27H37FN2O/c1-19(2)14-30(27(31)20(3)4)17-24-16-29(15-22-8-6-7-21(5)13-22)18-26(24)23-9-11-25(28)12-10-23/h6-13,19-20,24,26H,14-18H2,1-5H3/t24-,26-/m1/s1. The highest BCUT2D eigenvalue weighted by molar-refractivity contribution is 5.78. The maximum absolute atomic E-state index is 13.6. The largest absolute Gasteiger partial charge is 0.342 e. The molecule has 3 nitrogen and oxygen atoms in total. The van der Waals surface area contributed by atoms with Crippen LogP contribution in [0.5, 0.6) is 0 Å². The number of benzene rings is 2. The molecule has 0 radical (unpaired) electrons. The van der Waals surface area contributed by atoms with Crippen molar-refractivity contribution in [3.63, 3.8) is 0 Å². The summed E-state index contributed by atoms with van der Waals surface area (Å²) in [5, 5.41) is 0. The van der Waals surface area contributed by atoms with E-state index in [-0.39, 0.29) is 17.6 Å². The molecule has 0 aliphatic carbocycles. The van der Waals surface area contributed by atoms with Crippen LogP contribution in [0.1, 0.15) is 50.3 Å². The molecule has 3 rings (SSSR count). The number of carbonyl (C=O) groups is 1. The number of halogens is 1. The topological polar surface area (TPSA) is 23.6 Å². The highest BCUT2D eigenvalue weighted by Crippen LogP contribution is 2.34. The van der Waals surface area contributed by atoms with E-state index in [1.54, 1.807) is 12.1 Å². The average molecular weight is 425 g/mol.